The second-order valence-corrected chi connectivity index (χ2v) is 4.57. The molecule has 0 spiro atoms. The summed E-state index contributed by atoms with van der Waals surface area (Å²) in [6.07, 6.45) is -2.01. The molecule has 0 fully saturated rings. The minimum atomic E-state index is -2.49. The fraction of sp³-hybridized carbons (Fsp3) is 0.462. The number of aromatic nitrogens is 2. The maximum absolute atomic E-state index is 13.7. The third kappa shape index (κ3) is 3.43. The molecule has 7 heteroatoms. The normalized spacial score (nSPS) is 11.7. The second-order valence-electron chi connectivity index (χ2n) is 4.19. The smallest absolute Gasteiger partial charge is 0.261 e. The Labute approximate surface area is 119 Å². The largest absolute Gasteiger partial charge is 0.374 e. The fourth-order valence-electron chi connectivity index (χ4n) is 2.01. The molecule has 0 aliphatic heterocycles. The van der Waals surface area contributed by atoms with Crippen molar-refractivity contribution < 1.29 is 17.9 Å². The van der Waals surface area contributed by atoms with Crippen LogP contribution in [0, 0.1) is 5.82 Å². The third-order valence-corrected chi connectivity index (χ3v) is 3.02. The summed E-state index contributed by atoms with van der Waals surface area (Å²) in [5.41, 5.74) is 0.882. The summed E-state index contributed by atoms with van der Waals surface area (Å²) < 4.78 is 44.3. The van der Waals surface area contributed by atoms with Crippen LogP contribution in [-0.4, -0.2) is 35.1 Å². The van der Waals surface area contributed by atoms with E-state index in [2.05, 4.69) is 4.98 Å². The molecule has 1 aromatic heterocycles. The van der Waals surface area contributed by atoms with Crippen molar-refractivity contribution in [3.05, 3.63) is 29.8 Å². The van der Waals surface area contributed by atoms with E-state index in [0.29, 0.717) is 30.2 Å². The van der Waals surface area contributed by atoms with Gasteiger partial charge in [-0.25, -0.2) is 18.2 Å². The van der Waals surface area contributed by atoms with Crippen LogP contribution in [0.4, 0.5) is 13.2 Å². The van der Waals surface area contributed by atoms with E-state index >= 15 is 0 Å². The van der Waals surface area contributed by atoms with Crippen LogP contribution in [0.15, 0.2) is 18.2 Å². The van der Waals surface area contributed by atoms with Gasteiger partial charge in [-0.2, -0.15) is 0 Å². The van der Waals surface area contributed by atoms with Crippen molar-refractivity contribution in [2.75, 3.05) is 19.1 Å². The lowest BCUT2D eigenvalue weighted by atomic mass is 10.3. The predicted octanol–water partition coefficient (Wildman–Crippen LogP) is 3.24. The number of halogens is 4. The molecule has 110 valence electrons. The van der Waals surface area contributed by atoms with Crippen LogP contribution in [0.25, 0.3) is 11.0 Å². The number of aryl methyl sites for hydroxylation is 1. The van der Waals surface area contributed by atoms with Crippen molar-refractivity contribution in [1.82, 2.24) is 9.55 Å². The van der Waals surface area contributed by atoms with Gasteiger partial charge in [0.05, 0.1) is 12.1 Å². The van der Waals surface area contributed by atoms with Gasteiger partial charge in [0.25, 0.3) is 6.43 Å². The van der Waals surface area contributed by atoms with E-state index in [0.717, 1.165) is 0 Å². The summed E-state index contributed by atoms with van der Waals surface area (Å²) in [4.78, 5) is 4.22. The summed E-state index contributed by atoms with van der Waals surface area (Å²) in [6, 6.07) is 4.65. The molecule has 2 rings (SSSR count). The maximum atomic E-state index is 13.7. The third-order valence-electron chi connectivity index (χ3n) is 2.83. The Balaban J connectivity index is 2.20. The van der Waals surface area contributed by atoms with Gasteiger partial charge < -0.3 is 9.30 Å². The molecule has 0 aliphatic carbocycles. The van der Waals surface area contributed by atoms with Crippen molar-refractivity contribution >= 4 is 22.6 Å². The van der Waals surface area contributed by atoms with Crippen molar-refractivity contribution in [3.63, 3.8) is 0 Å². The summed E-state index contributed by atoms with van der Waals surface area (Å²) in [5.74, 6) is 0.564. The van der Waals surface area contributed by atoms with E-state index < -0.39 is 18.8 Å². The molecule has 0 amide bonds. The van der Waals surface area contributed by atoms with Gasteiger partial charge in [0, 0.05) is 18.8 Å². The first-order valence-electron chi connectivity index (χ1n) is 6.19. The average Bonchev–Trinajstić information content (AvgIpc) is 2.75. The van der Waals surface area contributed by atoms with Gasteiger partial charge in [-0.1, -0.05) is 6.07 Å². The standard InChI is InChI=1S/C13H14ClF3N2O/c14-5-4-12-18-13-9(15)2-1-3-10(13)19(12)6-7-20-8-11(16)17/h1-3,11H,4-8H2. The highest BCUT2D eigenvalue weighted by Crippen LogP contribution is 2.19. The topological polar surface area (TPSA) is 27.1 Å². The molecule has 0 atom stereocenters. The number of rotatable bonds is 7. The Bertz CT molecular complexity index is 574. The van der Waals surface area contributed by atoms with Crippen LogP contribution in [0.1, 0.15) is 5.82 Å². The molecule has 20 heavy (non-hydrogen) atoms. The Hall–Kier alpha value is -1.27. The van der Waals surface area contributed by atoms with Gasteiger partial charge in [-0.3, -0.25) is 0 Å². The number of hydrogen-bond donors (Lipinski definition) is 0. The summed E-state index contributed by atoms with van der Waals surface area (Å²) in [7, 11) is 0. The van der Waals surface area contributed by atoms with Gasteiger partial charge in [0.1, 0.15) is 17.9 Å². The predicted molar refractivity (Wildman–Crippen MR) is 70.9 cm³/mol. The Morgan fingerprint density at radius 3 is 2.85 bits per heavy atom. The number of nitrogens with zero attached hydrogens (tertiary/aromatic N) is 2. The molecule has 3 nitrogen and oxygen atoms in total. The number of ether oxygens (including phenoxy) is 1. The lowest BCUT2D eigenvalue weighted by molar-refractivity contribution is 0.0148. The van der Waals surface area contributed by atoms with Gasteiger partial charge in [-0.15, -0.1) is 11.6 Å². The molecule has 0 unspecified atom stereocenters. The molecule has 0 radical (unpaired) electrons. The van der Waals surface area contributed by atoms with Crippen molar-refractivity contribution in [2.24, 2.45) is 0 Å². The molecule has 0 bridgehead atoms. The number of hydrogen-bond acceptors (Lipinski definition) is 2. The maximum Gasteiger partial charge on any atom is 0.261 e. The molecule has 0 saturated heterocycles. The van der Waals surface area contributed by atoms with E-state index in [9.17, 15) is 13.2 Å². The van der Waals surface area contributed by atoms with Crippen LogP contribution in [0.5, 0.6) is 0 Å². The van der Waals surface area contributed by atoms with E-state index in [4.69, 9.17) is 16.3 Å². The first kappa shape index (κ1) is 15.1. The average molecular weight is 307 g/mol. The summed E-state index contributed by atoms with van der Waals surface area (Å²) >= 11 is 5.70. The Morgan fingerprint density at radius 2 is 2.15 bits per heavy atom. The highest BCUT2D eigenvalue weighted by atomic mass is 35.5. The van der Waals surface area contributed by atoms with E-state index in [1.165, 1.54) is 6.07 Å². The van der Waals surface area contributed by atoms with Crippen LogP contribution < -0.4 is 0 Å². The highest BCUT2D eigenvalue weighted by Gasteiger charge is 2.13. The van der Waals surface area contributed by atoms with E-state index in [1.807, 2.05) is 0 Å². The molecule has 0 saturated carbocycles. The monoisotopic (exact) mass is 306 g/mol. The van der Waals surface area contributed by atoms with E-state index in [-0.39, 0.29) is 12.1 Å². The first-order chi connectivity index (χ1) is 9.63. The number of alkyl halides is 3. The van der Waals surface area contributed by atoms with Crippen LogP contribution in [0.3, 0.4) is 0 Å². The molecular weight excluding hydrogens is 293 g/mol. The minimum absolute atomic E-state index is 0.113. The molecular formula is C13H14ClF3N2O. The highest BCUT2D eigenvalue weighted by molar-refractivity contribution is 6.17. The Morgan fingerprint density at radius 1 is 1.35 bits per heavy atom. The van der Waals surface area contributed by atoms with Crippen LogP contribution in [-0.2, 0) is 17.7 Å². The SMILES string of the molecule is Fc1cccc2c1nc(CCCl)n2CCOCC(F)F. The van der Waals surface area contributed by atoms with Crippen LogP contribution >= 0.6 is 11.6 Å². The van der Waals surface area contributed by atoms with Crippen molar-refractivity contribution in [3.8, 4) is 0 Å². The lowest BCUT2D eigenvalue weighted by Crippen LogP contribution is -2.13. The second kappa shape index (κ2) is 6.95. The van der Waals surface area contributed by atoms with Crippen LogP contribution in [0.2, 0.25) is 0 Å². The van der Waals surface area contributed by atoms with Gasteiger partial charge in [-0.05, 0) is 12.1 Å². The van der Waals surface area contributed by atoms with Crippen molar-refractivity contribution in [2.45, 2.75) is 19.4 Å². The summed E-state index contributed by atoms with van der Waals surface area (Å²) in [6.45, 7) is -0.160. The molecule has 2 aromatic rings. The fourth-order valence-corrected chi connectivity index (χ4v) is 2.18. The molecule has 0 aliphatic rings. The first-order valence-corrected chi connectivity index (χ1v) is 6.72. The van der Waals surface area contributed by atoms with Gasteiger partial charge in [0.2, 0.25) is 0 Å². The zero-order chi connectivity index (χ0) is 14.5. The molecule has 1 aromatic carbocycles. The molecule has 1 heterocycles. The number of para-hydroxylation sites is 1. The van der Waals surface area contributed by atoms with Gasteiger partial charge in [0.15, 0.2) is 5.82 Å². The Kier molecular flexibility index (Phi) is 5.25. The zero-order valence-corrected chi connectivity index (χ0v) is 11.4. The lowest BCUT2D eigenvalue weighted by Gasteiger charge is -2.09. The summed E-state index contributed by atoms with van der Waals surface area (Å²) in [5, 5.41) is 0. The van der Waals surface area contributed by atoms with E-state index in [1.54, 1.807) is 16.7 Å². The quantitative estimate of drug-likeness (QED) is 0.580. The van der Waals surface area contributed by atoms with Crippen molar-refractivity contribution in [1.29, 1.82) is 0 Å². The number of fused-ring (bicyclic) bond motifs is 1. The molecule has 0 N–H and O–H groups in total. The zero-order valence-electron chi connectivity index (χ0n) is 10.7. The number of benzene rings is 1. The minimum Gasteiger partial charge on any atom is -0.374 e. The number of imidazole rings is 1. The van der Waals surface area contributed by atoms with Gasteiger partial charge >= 0.3 is 0 Å².